The number of methoxy groups -OCH3 is 1. The highest BCUT2D eigenvalue weighted by atomic mass is 32.1. The highest BCUT2D eigenvalue weighted by Gasteiger charge is 2.33. The van der Waals surface area contributed by atoms with Gasteiger partial charge in [-0.2, -0.15) is 0 Å². The number of carbonyl (C=O) groups excluding carboxylic acids is 1. The molecule has 1 amide bonds. The summed E-state index contributed by atoms with van der Waals surface area (Å²) in [5, 5.41) is 11.3. The number of thiophene rings is 1. The Labute approximate surface area is 162 Å². The van der Waals surface area contributed by atoms with Gasteiger partial charge in [-0.25, -0.2) is 0 Å². The number of hydrogen-bond donors (Lipinski definition) is 1. The lowest BCUT2D eigenvalue weighted by Crippen LogP contribution is -2.40. The van der Waals surface area contributed by atoms with Crippen LogP contribution >= 0.6 is 11.3 Å². The third kappa shape index (κ3) is 3.36. The van der Waals surface area contributed by atoms with Gasteiger partial charge < -0.3 is 14.7 Å². The zero-order valence-corrected chi connectivity index (χ0v) is 15.9. The second-order valence-electron chi connectivity index (χ2n) is 6.58. The largest absolute Gasteiger partial charge is 0.497 e. The Bertz CT molecular complexity index is 931. The third-order valence-electron chi connectivity index (χ3n) is 5.04. The predicted molar refractivity (Wildman–Crippen MR) is 106 cm³/mol. The summed E-state index contributed by atoms with van der Waals surface area (Å²) in [5.41, 5.74) is 3.73. The Morgan fingerprint density at radius 3 is 2.56 bits per heavy atom. The molecule has 1 aliphatic heterocycles. The first-order valence-corrected chi connectivity index (χ1v) is 9.80. The molecule has 3 aromatic rings. The van der Waals surface area contributed by atoms with Gasteiger partial charge in [0.15, 0.2) is 0 Å². The van der Waals surface area contributed by atoms with Crippen LogP contribution in [-0.4, -0.2) is 29.6 Å². The van der Waals surface area contributed by atoms with Gasteiger partial charge in [0, 0.05) is 17.0 Å². The van der Waals surface area contributed by atoms with Crippen LogP contribution in [0.25, 0.3) is 0 Å². The van der Waals surface area contributed by atoms with Gasteiger partial charge in [-0.3, -0.25) is 4.79 Å². The molecule has 4 rings (SSSR count). The van der Waals surface area contributed by atoms with Gasteiger partial charge in [0.1, 0.15) is 5.75 Å². The maximum absolute atomic E-state index is 13.3. The summed E-state index contributed by atoms with van der Waals surface area (Å²) in [6, 6.07) is 17.2. The molecular weight excluding hydrogens is 358 g/mol. The van der Waals surface area contributed by atoms with Crippen LogP contribution in [0.1, 0.15) is 38.0 Å². The van der Waals surface area contributed by atoms with Crippen LogP contribution in [0.3, 0.4) is 0 Å². The lowest BCUT2D eigenvalue weighted by molar-refractivity contribution is 0.0696. The monoisotopic (exact) mass is 379 g/mol. The van der Waals surface area contributed by atoms with Crippen molar-refractivity contribution in [1.82, 2.24) is 4.90 Å². The average molecular weight is 379 g/mol. The standard InChI is InChI=1S/C22H21NO3S/c1-26-18-8-6-16(7-9-18)21-19-11-13-27-20(19)10-12-23(21)22(25)17-4-2-15(14-24)3-5-17/h2-9,11,13,21,24H,10,12,14H2,1H3. The number of aliphatic hydroxyl groups excluding tert-OH is 1. The average Bonchev–Trinajstić information content (AvgIpc) is 3.21. The second kappa shape index (κ2) is 7.55. The fourth-order valence-corrected chi connectivity index (χ4v) is 4.50. The summed E-state index contributed by atoms with van der Waals surface area (Å²) >= 11 is 1.76. The molecule has 2 heterocycles. The van der Waals surface area contributed by atoms with Crippen LogP contribution in [0, 0.1) is 0 Å². The SMILES string of the molecule is COc1ccc(C2c3ccsc3CCN2C(=O)c2ccc(CO)cc2)cc1. The van der Waals surface area contributed by atoms with Crippen LogP contribution in [-0.2, 0) is 13.0 Å². The Morgan fingerprint density at radius 2 is 1.89 bits per heavy atom. The first-order chi connectivity index (χ1) is 13.2. The number of amides is 1. The van der Waals surface area contributed by atoms with Crippen molar-refractivity contribution in [3.63, 3.8) is 0 Å². The van der Waals surface area contributed by atoms with E-state index >= 15 is 0 Å². The minimum atomic E-state index is -0.101. The van der Waals surface area contributed by atoms with E-state index in [0.717, 1.165) is 23.3 Å². The number of nitrogens with zero attached hydrogens (tertiary/aromatic N) is 1. The van der Waals surface area contributed by atoms with Gasteiger partial charge in [-0.1, -0.05) is 24.3 Å². The summed E-state index contributed by atoms with van der Waals surface area (Å²) < 4.78 is 5.28. The Hall–Kier alpha value is -2.63. The minimum Gasteiger partial charge on any atom is -0.497 e. The van der Waals surface area contributed by atoms with Crippen molar-refractivity contribution < 1.29 is 14.6 Å². The van der Waals surface area contributed by atoms with Crippen LogP contribution < -0.4 is 4.74 Å². The summed E-state index contributed by atoms with van der Waals surface area (Å²) in [5.74, 6) is 0.815. The molecular formula is C22H21NO3S. The molecule has 0 bridgehead atoms. The van der Waals surface area contributed by atoms with Crippen molar-refractivity contribution >= 4 is 17.2 Å². The highest BCUT2D eigenvalue weighted by Crippen LogP contribution is 2.38. The molecule has 1 N–H and O–H groups in total. The lowest BCUT2D eigenvalue weighted by atomic mass is 9.92. The number of ether oxygens (including phenoxy) is 1. The Balaban J connectivity index is 1.72. The Kier molecular flexibility index (Phi) is 4.97. The first-order valence-electron chi connectivity index (χ1n) is 8.92. The van der Waals surface area contributed by atoms with E-state index in [0.29, 0.717) is 12.1 Å². The van der Waals surface area contributed by atoms with Crippen molar-refractivity contribution in [2.24, 2.45) is 0 Å². The zero-order chi connectivity index (χ0) is 18.8. The first kappa shape index (κ1) is 17.8. The number of carbonyl (C=O) groups is 1. The summed E-state index contributed by atoms with van der Waals surface area (Å²) in [6.45, 7) is 0.662. The molecule has 1 aromatic heterocycles. The van der Waals surface area contributed by atoms with Gasteiger partial charge in [0.2, 0.25) is 0 Å². The van der Waals surface area contributed by atoms with E-state index in [1.807, 2.05) is 29.2 Å². The van der Waals surface area contributed by atoms with Crippen LogP contribution in [0.2, 0.25) is 0 Å². The van der Waals surface area contributed by atoms with E-state index in [1.165, 1.54) is 10.4 Å². The lowest BCUT2D eigenvalue weighted by Gasteiger charge is -2.36. The molecule has 27 heavy (non-hydrogen) atoms. The molecule has 0 saturated heterocycles. The number of aliphatic hydroxyl groups is 1. The summed E-state index contributed by atoms with van der Waals surface area (Å²) in [4.78, 5) is 16.6. The molecule has 2 aromatic carbocycles. The van der Waals surface area contributed by atoms with E-state index in [4.69, 9.17) is 4.74 Å². The fourth-order valence-electron chi connectivity index (χ4n) is 3.60. The molecule has 0 aliphatic carbocycles. The van der Waals surface area contributed by atoms with Gasteiger partial charge in [-0.15, -0.1) is 11.3 Å². The molecule has 0 spiro atoms. The van der Waals surface area contributed by atoms with Crippen LogP contribution in [0.15, 0.2) is 60.0 Å². The minimum absolute atomic E-state index is 0.0113. The van der Waals surface area contributed by atoms with E-state index in [9.17, 15) is 9.90 Å². The van der Waals surface area contributed by atoms with Crippen molar-refractivity contribution in [2.45, 2.75) is 19.1 Å². The number of rotatable bonds is 4. The predicted octanol–water partition coefficient (Wildman–Crippen LogP) is 4.04. The zero-order valence-electron chi connectivity index (χ0n) is 15.1. The fraction of sp³-hybridized carbons (Fsp3) is 0.227. The molecule has 138 valence electrons. The van der Waals surface area contributed by atoms with E-state index in [2.05, 4.69) is 11.4 Å². The molecule has 1 unspecified atom stereocenters. The van der Waals surface area contributed by atoms with Crippen molar-refractivity contribution in [3.8, 4) is 5.75 Å². The van der Waals surface area contributed by atoms with E-state index in [-0.39, 0.29) is 18.6 Å². The molecule has 1 atom stereocenters. The quantitative estimate of drug-likeness (QED) is 0.744. The van der Waals surface area contributed by atoms with Gasteiger partial charge >= 0.3 is 0 Å². The number of hydrogen-bond acceptors (Lipinski definition) is 4. The van der Waals surface area contributed by atoms with Crippen molar-refractivity contribution in [2.75, 3.05) is 13.7 Å². The molecule has 0 saturated carbocycles. The van der Waals surface area contributed by atoms with Crippen LogP contribution in [0.5, 0.6) is 5.75 Å². The van der Waals surface area contributed by atoms with Crippen molar-refractivity contribution in [1.29, 1.82) is 0 Å². The maximum atomic E-state index is 13.3. The molecule has 0 radical (unpaired) electrons. The topological polar surface area (TPSA) is 49.8 Å². The summed E-state index contributed by atoms with van der Waals surface area (Å²) in [6.07, 6.45) is 0.875. The molecule has 4 nitrogen and oxygen atoms in total. The van der Waals surface area contributed by atoms with Crippen LogP contribution in [0.4, 0.5) is 0 Å². The van der Waals surface area contributed by atoms with E-state index in [1.54, 1.807) is 42.7 Å². The van der Waals surface area contributed by atoms with Gasteiger partial charge in [0.25, 0.3) is 5.91 Å². The number of benzene rings is 2. The Morgan fingerprint density at radius 1 is 1.15 bits per heavy atom. The smallest absolute Gasteiger partial charge is 0.254 e. The van der Waals surface area contributed by atoms with Gasteiger partial charge in [0.05, 0.1) is 19.8 Å². The van der Waals surface area contributed by atoms with Gasteiger partial charge in [-0.05, 0) is 58.8 Å². The molecule has 5 heteroatoms. The second-order valence-corrected chi connectivity index (χ2v) is 7.58. The summed E-state index contributed by atoms with van der Waals surface area (Å²) in [7, 11) is 1.65. The third-order valence-corrected chi connectivity index (χ3v) is 6.04. The van der Waals surface area contributed by atoms with Crippen molar-refractivity contribution in [3.05, 3.63) is 87.1 Å². The normalized spacial score (nSPS) is 16.1. The maximum Gasteiger partial charge on any atom is 0.254 e. The number of fused-ring (bicyclic) bond motifs is 1. The molecule has 0 fully saturated rings. The van der Waals surface area contributed by atoms with E-state index < -0.39 is 0 Å². The molecule has 1 aliphatic rings. The highest BCUT2D eigenvalue weighted by molar-refractivity contribution is 7.10.